The zero-order chi connectivity index (χ0) is 20.9. The molecule has 0 spiro atoms. The molecular formula is C23H27N3O4. The number of carbonyl (C=O) groups is 1. The molecule has 7 nitrogen and oxygen atoms in total. The molecule has 0 aliphatic carbocycles. The lowest BCUT2D eigenvalue weighted by atomic mass is 10.1. The van der Waals surface area contributed by atoms with E-state index in [1.165, 1.54) is 0 Å². The Balaban J connectivity index is 1.48. The van der Waals surface area contributed by atoms with E-state index in [9.17, 15) is 4.79 Å². The molecule has 1 unspecified atom stereocenters. The Kier molecular flexibility index (Phi) is 6.18. The van der Waals surface area contributed by atoms with Gasteiger partial charge in [-0.15, -0.1) is 0 Å². The Morgan fingerprint density at radius 2 is 2.00 bits per heavy atom. The van der Waals surface area contributed by atoms with Crippen molar-refractivity contribution in [1.29, 1.82) is 0 Å². The van der Waals surface area contributed by atoms with Crippen molar-refractivity contribution in [1.82, 2.24) is 14.9 Å². The van der Waals surface area contributed by atoms with Gasteiger partial charge in [-0.3, -0.25) is 4.79 Å². The topological polar surface area (TPSA) is 74.6 Å². The molecule has 3 aromatic rings. The van der Waals surface area contributed by atoms with Crippen LogP contribution in [0.15, 0.2) is 42.5 Å². The minimum Gasteiger partial charge on any atom is -0.490 e. The number of aromatic nitrogens is 2. The van der Waals surface area contributed by atoms with Crippen LogP contribution in [0.3, 0.4) is 0 Å². The molecule has 1 aromatic heterocycles. The number of rotatable bonds is 7. The van der Waals surface area contributed by atoms with E-state index in [0.29, 0.717) is 32.1 Å². The first-order chi connectivity index (χ1) is 14.7. The fourth-order valence-electron chi connectivity index (χ4n) is 3.70. The third kappa shape index (κ3) is 4.41. The van der Waals surface area contributed by atoms with Crippen molar-refractivity contribution in [2.45, 2.75) is 32.4 Å². The molecule has 2 aromatic carbocycles. The van der Waals surface area contributed by atoms with Crippen molar-refractivity contribution in [3.63, 3.8) is 0 Å². The number of hydrogen-bond acceptors (Lipinski definition) is 5. The van der Waals surface area contributed by atoms with Crippen LogP contribution >= 0.6 is 0 Å². The number of ether oxygens (including phenoxy) is 3. The number of fused-ring (bicyclic) bond motifs is 2. The van der Waals surface area contributed by atoms with Gasteiger partial charge in [0.15, 0.2) is 11.5 Å². The van der Waals surface area contributed by atoms with Gasteiger partial charge in [-0.05, 0) is 36.8 Å². The molecule has 0 saturated heterocycles. The van der Waals surface area contributed by atoms with Gasteiger partial charge in [0.1, 0.15) is 5.82 Å². The normalized spacial score (nSPS) is 14.3. The lowest BCUT2D eigenvalue weighted by Gasteiger charge is -2.16. The first-order valence-electron chi connectivity index (χ1n) is 10.3. The SMILES string of the molecule is COCCn1c(C(C)NC(=O)Cc2ccc3c(c2)OCCCO3)nc2ccccc21. The number of benzene rings is 2. The molecule has 0 radical (unpaired) electrons. The molecule has 30 heavy (non-hydrogen) atoms. The summed E-state index contributed by atoms with van der Waals surface area (Å²) < 4.78 is 18.7. The summed E-state index contributed by atoms with van der Waals surface area (Å²) in [6.45, 7) is 4.47. The third-order valence-electron chi connectivity index (χ3n) is 5.14. The zero-order valence-corrected chi connectivity index (χ0v) is 17.4. The van der Waals surface area contributed by atoms with Gasteiger partial charge < -0.3 is 24.1 Å². The van der Waals surface area contributed by atoms with Gasteiger partial charge in [-0.2, -0.15) is 0 Å². The second kappa shape index (κ2) is 9.17. The van der Waals surface area contributed by atoms with Crippen molar-refractivity contribution in [3.05, 3.63) is 53.9 Å². The maximum absolute atomic E-state index is 12.7. The smallest absolute Gasteiger partial charge is 0.224 e. The molecule has 1 N–H and O–H groups in total. The highest BCUT2D eigenvalue weighted by molar-refractivity contribution is 5.80. The van der Waals surface area contributed by atoms with Crippen LogP contribution in [0.1, 0.15) is 30.8 Å². The molecular weight excluding hydrogens is 382 g/mol. The number of nitrogens with zero attached hydrogens (tertiary/aromatic N) is 2. The Bertz CT molecular complexity index is 1030. The minimum absolute atomic E-state index is 0.0673. The molecule has 0 saturated carbocycles. The van der Waals surface area contributed by atoms with E-state index < -0.39 is 0 Å². The molecule has 0 bridgehead atoms. The molecule has 1 aliphatic heterocycles. The van der Waals surface area contributed by atoms with Crippen molar-refractivity contribution in [3.8, 4) is 11.5 Å². The van der Waals surface area contributed by atoms with E-state index in [-0.39, 0.29) is 18.4 Å². The van der Waals surface area contributed by atoms with Crippen LogP contribution in [0.25, 0.3) is 11.0 Å². The predicted molar refractivity (Wildman–Crippen MR) is 114 cm³/mol. The average Bonchev–Trinajstić information content (AvgIpc) is 2.95. The highest BCUT2D eigenvalue weighted by Crippen LogP contribution is 2.30. The largest absolute Gasteiger partial charge is 0.490 e. The summed E-state index contributed by atoms with van der Waals surface area (Å²) in [6.07, 6.45) is 1.12. The van der Waals surface area contributed by atoms with Crippen LogP contribution in [0.5, 0.6) is 11.5 Å². The average molecular weight is 409 g/mol. The highest BCUT2D eigenvalue weighted by Gasteiger charge is 2.19. The van der Waals surface area contributed by atoms with Crippen molar-refractivity contribution < 1.29 is 19.0 Å². The summed E-state index contributed by atoms with van der Waals surface area (Å²) in [5.41, 5.74) is 2.83. The van der Waals surface area contributed by atoms with Gasteiger partial charge in [-0.1, -0.05) is 18.2 Å². The predicted octanol–water partition coefficient (Wildman–Crippen LogP) is 3.26. The van der Waals surface area contributed by atoms with Gasteiger partial charge in [0.05, 0.1) is 43.3 Å². The summed E-state index contributed by atoms with van der Waals surface area (Å²) >= 11 is 0. The number of imidazole rings is 1. The monoisotopic (exact) mass is 409 g/mol. The summed E-state index contributed by atoms with van der Waals surface area (Å²) in [6, 6.07) is 13.4. The third-order valence-corrected chi connectivity index (χ3v) is 5.14. The summed E-state index contributed by atoms with van der Waals surface area (Å²) in [5, 5.41) is 3.08. The molecule has 0 fully saturated rings. The highest BCUT2D eigenvalue weighted by atomic mass is 16.5. The van der Waals surface area contributed by atoms with Crippen LogP contribution in [0.4, 0.5) is 0 Å². The van der Waals surface area contributed by atoms with Gasteiger partial charge in [0.2, 0.25) is 5.91 Å². The quantitative estimate of drug-likeness (QED) is 0.648. The lowest BCUT2D eigenvalue weighted by molar-refractivity contribution is -0.121. The van der Waals surface area contributed by atoms with Crippen molar-refractivity contribution in [2.24, 2.45) is 0 Å². The zero-order valence-electron chi connectivity index (χ0n) is 17.4. The first kappa shape index (κ1) is 20.2. The van der Waals surface area contributed by atoms with E-state index in [1.54, 1.807) is 7.11 Å². The Morgan fingerprint density at radius 1 is 1.20 bits per heavy atom. The van der Waals surface area contributed by atoms with E-state index in [2.05, 4.69) is 9.88 Å². The van der Waals surface area contributed by atoms with E-state index in [4.69, 9.17) is 19.2 Å². The summed E-state index contributed by atoms with van der Waals surface area (Å²) in [4.78, 5) is 17.5. The second-order valence-corrected chi connectivity index (χ2v) is 7.40. The standard InChI is InChI=1S/C23H27N3O4/c1-16(23-25-18-6-3-4-7-19(18)26(23)10-13-28-2)24-22(27)15-17-8-9-20-21(14-17)30-12-5-11-29-20/h3-4,6-9,14,16H,5,10-13,15H2,1-2H3,(H,24,27). The molecule has 158 valence electrons. The number of methoxy groups -OCH3 is 1. The minimum atomic E-state index is -0.234. The maximum atomic E-state index is 12.7. The molecule has 1 aliphatic rings. The van der Waals surface area contributed by atoms with E-state index in [0.717, 1.165) is 34.6 Å². The number of hydrogen-bond donors (Lipinski definition) is 1. The van der Waals surface area contributed by atoms with Gasteiger partial charge in [-0.25, -0.2) is 4.98 Å². The van der Waals surface area contributed by atoms with Crippen LogP contribution in [0.2, 0.25) is 0 Å². The van der Waals surface area contributed by atoms with Crippen LogP contribution in [0, 0.1) is 0 Å². The van der Waals surface area contributed by atoms with Crippen molar-refractivity contribution in [2.75, 3.05) is 26.9 Å². The fraction of sp³-hybridized carbons (Fsp3) is 0.391. The maximum Gasteiger partial charge on any atom is 0.224 e. The number of nitrogens with one attached hydrogen (secondary N) is 1. The summed E-state index contributed by atoms with van der Waals surface area (Å²) in [7, 11) is 1.68. The Hall–Kier alpha value is -3.06. The number of para-hydroxylation sites is 2. The first-order valence-corrected chi connectivity index (χ1v) is 10.3. The van der Waals surface area contributed by atoms with Gasteiger partial charge >= 0.3 is 0 Å². The Morgan fingerprint density at radius 3 is 2.83 bits per heavy atom. The van der Waals surface area contributed by atoms with Gasteiger partial charge in [0.25, 0.3) is 0 Å². The summed E-state index contributed by atoms with van der Waals surface area (Å²) in [5.74, 6) is 2.19. The molecule has 7 heteroatoms. The molecule has 1 amide bonds. The number of amides is 1. The number of carbonyl (C=O) groups excluding carboxylic acids is 1. The Labute approximate surface area is 176 Å². The van der Waals surface area contributed by atoms with Crippen LogP contribution < -0.4 is 14.8 Å². The van der Waals surface area contributed by atoms with Crippen LogP contribution in [-0.4, -0.2) is 42.4 Å². The fourth-order valence-corrected chi connectivity index (χ4v) is 3.70. The van der Waals surface area contributed by atoms with Crippen LogP contribution in [-0.2, 0) is 22.5 Å². The van der Waals surface area contributed by atoms with Gasteiger partial charge in [0, 0.05) is 20.1 Å². The second-order valence-electron chi connectivity index (χ2n) is 7.40. The molecule has 2 heterocycles. The molecule has 1 atom stereocenters. The van der Waals surface area contributed by atoms with E-state index >= 15 is 0 Å². The van der Waals surface area contributed by atoms with E-state index in [1.807, 2.05) is 49.4 Å². The van der Waals surface area contributed by atoms with Crippen molar-refractivity contribution >= 4 is 16.9 Å². The lowest BCUT2D eigenvalue weighted by Crippen LogP contribution is -2.30. The molecule has 4 rings (SSSR count).